The number of carbonyl (C=O) groups is 1. The van der Waals surface area contributed by atoms with Gasteiger partial charge in [0.05, 0.1) is 6.54 Å². The van der Waals surface area contributed by atoms with Gasteiger partial charge in [0, 0.05) is 76.6 Å². The van der Waals surface area contributed by atoms with E-state index < -0.39 is 0 Å². The van der Waals surface area contributed by atoms with Crippen LogP contribution >= 0.6 is 0 Å². The fourth-order valence-electron chi connectivity index (χ4n) is 3.95. The first kappa shape index (κ1) is 25.0. The normalized spacial score (nSPS) is 14.7. The van der Waals surface area contributed by atoms with Crippen LogP contribution in [0.2, 0.25) is 0 Å². The number of piperidine rings is 1. The Kier molecular flexibility index (Phi) is 9.09. The minimum absolute atomic E-state index is 0.0998. The second kappa shape index (κ2) is 12.0. The lowest BCUT2D eigenvalue weighted by atomic mass is 10.1. The van der Waals surface area contributed by atoms with E-state index >= 15 is 0 Å². The van der Waals surface area contributed by atoms with Gasteiger partial charge in [-0.15, -0.1) is 0 Å². The molecule has 7 heteroatoms. The summed E-state index contributed by atoms with van der Waals surface area (Å²) in [6.07, 6.45) is 3.64. The van der Waals surface area contributed by atoms with Gasteiger partial charge in [0.2, 0.25) is 11.8 Å². The lowest BCUT2D eigenvalue weighted by Gasteiger charge is -2.33. The van der Waals surface area contributed by atoms with E-state index in [2.05, 4.69) is 71.0 Å². The molecule has 3 rings (SSSR count). The summed E-state index contributed by atoms with van der Waals surface area (Å²) in [5.41, 5.74) is 3.38. The van der Waals surface area contributed by atoms with Gasteiger partial charge in [0.25, 0.3) is 0 Å². The van der Waals surface area contributed by atoms with Gasteiger partial charge in [-0.1, -0.05) is 19.1 Å². The number of pyridine rings is 1. The minimum atomic E-state index is 0.0998. The van der Waals surface area contributed by atoms with Crippen LogP contribution in [-0.4, -0.2) is 99.2 Å². The zero-order valence-electron chi connectivity index (χ0n) is 20.8. The third-order valence-electron chi connectivity index (χ3n) is 6.21. The zero-order valence-corrected chi connectivity index (χ0v) is 20.8. The van der Waals surface area contributed by atoms with Crippen LogP contribution in [0.25, 0.3) is 11.1 Å². The Bertz CT molecular complexity index is 859. The van der Waals surface area contributed by atoms with Gasteiger partial charge in [0.1, 0.15) is 6.10 Å². The Balaban J connectivity index is 1.46. The Morgan fingerprint density at radius 2 is 1.67 bits per heavy atom. The maximum Gasteiger partial charge on any atom is 0.236 e. The van der Waals surface area contributed by atoms with Crippen LogP contribution in [0.4, 0.5) is 5.69 Å². The number of ether oxygens (including phenoxy) is 1. The van der Waals surface area contributed by atoms with Crippen molar-refractivity contribution in [3.63, 3.8) is 0 Å². The summed E-state index contributed by atoms with van der Waals surface area (Å²) < 4.78 is 6.12. The minimum Gasteiger partial charge on any atom is -0.474 e. The fraction of sp³-hybridized carbons (Fsp3) is 0.538. The molecule has 0 spiro atoms. The van der Waals surface area contributed by atoms with E-state index in [0.29, 0.717) is 12.4 Å². The van der Waals surface area contributed by atoms with Gasteiger partial charge in [0.15, 0.2) is 0 Å². The standard InChI is InChI=1S/C26H39N5O2/c1-6-30(18-17-28(2)3)20-26(32)31-15-13-24(14-16-31)33-25-12-9-22(19-27-25)21-7-10-23(11-8-21)29(4)5/h7-12,19,24H,6,13-18,20H2,1-5H3. The SMILES string of the molecule is CCN(CCN(C)C)CC(=O)N1CCC(Oc2ccc(-c3ccc(N(C)C)cc3)cn2)CC1. The molecule has 2 aromatic rings. The summed E-state index contributed by atoms with van der Waals surface area (Å²) in [5.74, 6) is 0.867. The van der Waals surface area contributed by atoms with Crippen molar-refractivity contribution in [3.05, 3.63) is 42.6 Å². The highest BCUT2D eigenvalue weighted by Gasteiger charge is 2.25. The second-order valence-corrected chi connectivity index (χ2v) is 9.20. The van der Waals surface area contributed by atoms with Crippen LogP contribution in [0, 0.1) is 0 Å². The molecule has 0 saturated carbocycles. The maximum atomic E-state index is 12.7. The largest absolute Gasteiger partial charge is 0.474 e. The number of carbonyl (C=O) groups excluding carboxylic acids is 1. The highest BCUT2D eigenvalue weighted by atomic mass is 16.5. The first-order chi connectivity index (χ1) is 15.9. The number of aromatic nitrogens is 1. The Labute approximate surface area is 198 Å². The number of hydrogen-bond donors (Lipinski definition) is 0. The molecule has 0 atom stereocenters. The molecular weight excluding hydrogens is 414 g/mol. The van der Waals surface area contributed by atoms with E-state index in [0.717, 1.165) is 56.7 Å². The van der Waals surface area contributed by atoms with E-state index in [1.807, 2.05) is 31.3 Å². The van der Waals surface area contributed by atoms with Crippen LogP contribution in [0.1, 0.15) is 19.8 Å². The molecule has 0 bridgehead atoms. The van der Waals surface area contributed by atoms with Crippen molar-refractivity contribution >= 4 is 11.6 Å². The van der Waals surface area contributed by atoms with Crippen molar-refractivity contribution in [2.45, 2.75) is 25.9 Å². The van der Waals surface area contributed by atoms with Crippen molar-refractivity contribution < 1.29 is 9.53 Å². The van der Waals surface area contributed by atoms with Crippen LogP contribution < -0.4 is 9.64 Å². The highest BCUT2D eigenvalue weighted by Crippen LogP contribution is 2.24. The topological polar surface area (TPSA) is 52.1 Å². The van der Waals surface area contributed by atoms with Crippen molar-refractivity contribution in [3.8, 4) is 17.0 Å². The molecule has 0 N–H and O–H groups in total. The summed E-state index contributed by atoms with van der Waals surface area (Å²) in [4.78, 5) is 25.7. The molecule has 33 heavy (non-hydrogen) atoms. The molecule has 1 aliphatic rings. The third kappa shape index (κ3) is 7.44. The first-order valence-electron chi connectivity index (χ1n) is 11.9. The van der Waals surface area contributed by atoms with Crippen molar-refractivity contribution in [2.75, 3.05) is 72.4 Å². The molecule has 0 unspecified atom stereocenters. The summed E-state index contributed by atoms with van der Waals surface area (Å²) in [6, 6.07) is 12.4. The summed E-state index contributed by atoms with van der Waals surface area (Å²) >= 11 is 0. The number of nitrogens with zero attached hydrogens (tertiary/aromatic N) is 5. The van der Waals surface area contributed by atoms with E-state index in [4.69, 9.17) is 4.74 Å². The molecule has 2 heterocycles. The van der Waals surface area contributed by atoms with E-state index in [-0.39, 0.29) is 12.0 Å². The molecule has 7 nitrogen and oxygen atoms in total. The molecule has 0 radical (unpaired) electrons. The zero-order chi connectivity index (χ0) is 23.8. The average Bonchev–Trinajstić information content (AvgIpc) is 2.82. The van der Waals surface area contributed by atoms with Crippen LogP contribution in [-0.2, 0) is 4.79 Å². The molecule has 1 saturated heterocycles. The van der Waals surface area contributed by atoms with Gasteiger partial charge >= 0.3 is 0 Å². The number of benzene rings is 1. The average molecular weight is 454 g/mol. The summed E-state index contributed by atoms with van der Waals surface area (Å²) in [7, 11) is 8.20. The van der Waals surface area contributed by atoms with Crippen LogP contribution in [0.15, 0.2) is 42.6 Å². The molecule has 1 aromatic heterocycles. The van der Waals surface area contributed by atoms with E-state index in [1.54, 1.807) is 0 Å². The highest BCUT2D eigenvalue weighted by molar-refractivity contribution is 5.78. The Morgan fingerprint density at radius 1 is 1.00 bits per heavy atom. The van der Waals surface area contributed by atoms with Crippen LogP contribution in [0.3, 0.4) is 0 Å². The van der Waals surface area contributed by atoms with Crippen molar-refractivity contribution in [1.29, 1.82) is 0 Å². The number of likely N-dealkylation sites (N-methyl/N-ethyl adjacent to an activating group) is 2. The number of rotatable bonds is 10. The molecule has 0 aliphatic carbocycles. The van der Waals surface area contributed by atoms with Gasteiger partial charge in [-0.2, -0.15) is 0 Å². The number of anilines is 1. The summed E-state index contributed by atoms with van der Waals surface area (Å²) in [6.45, 7) is 6.85. The predicted octanol–water partition coefficient (Wildman–Crippen LogP) is 3.07. The quantitative estimate of drug-likeness (QED) is 0.551. The monoisotopic (exact) mass is 453 g/mol. The lowest BCUT2D eigenvalue weighted by molar-refractivity contribution is -0.134. The number of likely N-dealkylation sites (tertiary alicyclic amines) is 1. The molecular formula is C26H39N5O2. The Morgan fingerprint density at radius 3 is 2.21 bits per heavy atom. The van der Waals surface area contributed by atoms with E-state index in [1.165, 1.54) is 5.69 Å². The Hall–Kier alpha value is -2.64. The number of amides is 1. The fourth-order valence-corrected chi connectivity index (χ4v) is 3.95. The van der Waals surface area contributed by atoms with Crippen molar-refractivity contribution in [2.24, 2.45) is 0 Å². The lowest BCUT2D eigenvalue weighted by Crippen LogP contribution is -2.47. The van der Waals surface area contributed by atoms with Gasteiger partial charge < -0.3 is 19.4 Å². The molecule has 180 valence electrons. The molecule has 1 aromatic carbocycles. The first-order valence-corrected chi connectivity index (χ1v) is 11.9. The van der Waals surface area contributed by atoms with Crippen molar-refractivity contribution in [1.82, 2.24) is 19.7 Å². The van der Waals surface area contributed by atoms with E-state index in [9.17, 15) is 4.79 Å². The third-order valence-corrected chi connectivity index (χ3v) is 6.21. The number of hydrogen-bond acceptors (Lipinski definition) is 6. The maximum absolute atomic E-state index is 12.7. The van der Waals surface area contributed by atoms with Crippen LogP contribution in [0.5, 0.6) is 5.88 Å². The molecule has 1 aliphatic heterocycles. The van der Waals surface area contributed by atoms with Gasteiger partial charge in [-0.25, -0.2) is 4.98 Å². The second-order valence-electron chi connectivity index (χ2n) is 9.20. The smallest absolute Gasteiger partial charge is 0.236 e. The molecule has 1 amide bonds. The van der Waals surface area contributed by atoms with Gasteiger partial charge in [-0.05, 0) is 44.4 Å². The molecule has 1 fully saturated rings. The predicted molar refractivity (Wildman–Crippen MR) is 135 cm³/mol. The summed E-state index contributed by atoms with van der Waals surface area (Å²) in [5, 5.41) is 0. The van der Waals surface area contributed by atoms with Gasteiger partial charge in [-0.3, -0.25) is 9.69 Å².